The van der Waals surface area contributed by atoms with Gasteiger partial charge in [-0.3, -0.25) is 0 Å². The summed E-state index contributed by atoms with van der Waals surface area (Å²) in [4.78, 5) is 0. The maximum Gasteiger partial charge on any atom is 0.438 e. The lowest BCUT2D eigenvalue weighted by atomic mass is 9.82. The van der Waals surface area contributed by atoms with Crippen molar-refractivity contribution in [3.63, 3.8) is 0 Å². The van der Waals surface area contributed by atoms with E-state index in [4.69, 9.17) is 0 Å². The topological polar surface area (TPSA) is 0 Å². The SMILES string of the molecule is CCCC(F)(F)C(F)(F)C(F)(F)C(F)(F)C(F)(F)C(F)(F)C(F)(F)C(F)(F)C(F)(C(F)(F)F)C(F)(F)F. The van der Waals surface area contributed by atoms with Crippen molar-refractivity contribution in [2.75, 3.05) is 0 Å². The molecule has 0 rings (SSSR count). The zero-order chi connectivity index (χ0) is 30.9. The molecule has 224 valence electrons. The summed E-state index contributed by atoms with van der Waals surface area (Å²) in [5, 5.41) is 0. The average Bonchev–Trinajstić information content (AvgIpc) is 2.64. The van der Waals surface area contributed by atoms with Crippen LogP contribution in [0.15, 0.2) is 0 Å². The van der Waals surface area contributed by atoms with E-state index in [-0.39, 0.29) is 0 Å². The van der Waals surface area contributed by atoms with Crippen LogP contribution in [-0.2, 0) is 0 Å². The van der Waals surface area contributed by atoms with Crippen molar-refractivity contribution < 1.29 is 101 Å². The maximum atomic E-state index is 13.5. The Balaban J connectivity index is 7.32. The van der Waals surface area contributed by atoms with E-state index in [1.165, 1.54) is 0 Å². The van der Waals surface area contributed by atoms with Gasteiger partial charge < -0.3 is 0 Å². The summed E-state index contributed by atoms with van der Waals surface area (Å²) in [7, 11) is 0. The molecule has 0 N–H and O–H groups in total. The molecule has 0 aliphatic rings. The lowest BCUT2D eigenvalue weighted by Gasteiger charge is -2.46. The number of alkyl halides is 23. The van der Waals surface area contributed by atoms with Crippen LogP contribution >= 0.6 is 0 Å². The van der Waals surface area contributed by atoms with Crippen LogP contribution in [0.4, 0.5) is 101 Å². The van der Waals surface area contributed by atoms with Crippen LogP contribution in [-0.4, -0.2) is 65.4 Å². The molecule has 0 saturated heterocycles. The third kappa shape index (κ3) is 4.23. The van der Waals surface area contributed by atoms with Crippen molar-refractivity contribution in [2.24, 2.45) is 0 Å². The van der Waals surface area contributed by atoms with Gasteiger partial charge in [-0.2, -0.15) is 96.6 Å². The molecule has 23 heteroatoms. The molecule has 0 aliphatic carbocycles. The van der Waals surface area contributed by atoms with E-state index >= 15 is 0 Å². The molecule has 0 fully saturated rings. The van der Waals surface area contributed by atoms with Crippen LogP contribution in [0.3, 0.4) is 0 Å². The fourth-order valence-electron chi connectivity index (χ4n) is 2.42. The quantitative estimate of drug-likeness (QED) is 0.217. The van der Waals surface area contributed by atoms with Crippen LogP contribution < -0.4 is 0 Å². The van der Waals surface area contributed by atoms with Crippen LogP contribution in [0.25, 0.3) is 0 Å². The molecule has 0 unspecified atom stereocenters. The van der Waals surface area contributed by atoms with Gasteiger partial charge in [-0.1, -0.05) is 13.3 Å². The van der Waals surface area contributed by atoms with E-state index < -0.39 is 78.2 Å². The van der Waals surface area contributed by atoms with Gasteiger partial charge in [0, 0.05) is 6.42 Å². The Bertz CT molecular complexity index is 796. The van der Waals surface area contributed by atoms with E-state index in [0.29, 0.717) is 6.92 Å². The van der Waals surface area contributed by atoms with Gasteiger partial charge in [0.05, 0.1) is 0 Å². The van der Waals surface area contributed by atoms with Gasteiger partial charge in [0.15, 0.2) is 0 Å². The van der Waals surface area contributed by atoms with Gasteiger partial charge in [-0.05, 0) is 0 Å². The van der Waals surface area contributed by atoms with E-state index in [1.54, 1.807) is 0 Å². The molecule has 0 atom stereocenters. The second-order valence-electron chi connectivity index (χ2n) is 7.13. The highest BCUT2D eigenvalue weighted by Crippen LogP contribution is 2.67. The van der Waals surface area contributed by atoms with E-state index in [0.717, 1.165) is 0 Å². The van der Waals surface area contributed by atoms with Crippen molar-refractivity contribution in [1.82, 2.24) is 0 Å². The van der Waals surface area contributed by atoms with Gasteiger partial charge in [0.2, 0.25) is 0 Å². The first-order chi connectivity index (χ1) is 15.6. The minimum atomic E-state index is -9.43. The van der Waals surface area contributed by atoms with Gasteiger partial charge in [-0.15, -0.1) is 0 Å². The Morgan fingerprint density at radius 3 is 0.757 bits per heavy atom. The number of rotatable bonds is 10. The maximum absolute atomic E-state index is 13.5. The molecule has 0 bridgehead atoms. The van der Waals surface area contributed by atoms with Crippen LogP contribution in [0.1, 0.15) is 19.8 Å². The monoisotopic (exact) mass is 612 g/mol. The molecular weight excluding hydrogens is 605 g/mol. The first-order valence-electron chi connectivity index (χ1n) is 8.41. The normalized spacial score (nSPS) is 16.9. The molecule has 0 aromatic rings. The Morgan fingerprint density at radius 1 is 0.324 bits per heavy atom. The summed E-state index contributed by atoms with van der Waals surface area (Å²) < 4.78 is 302. The highest BCUT2D eigenvalue weighted by atomic mass is 19.4. The highest BCUT2D eigenvalue weighted by molar-refractivity contribution is 5.20. The molecule has 0 aromatic heterocycles. The van der Waals surface area contributed by atoms with E-state index in [1.807, 2.05) is 0 Å². The van der Waals surface area contributed by atoms with E-state index in [9.17, 15) is 101 Å². The average molecular weight is 612 g/mol. The lowest BCUT2D eigenvalue weighted by Crippen LogP contribution is -2.79. The Hall–Kier alpha value is -1.61. The summed E-state index contributed by atoms with van der Waals surface area (Å²) in [5.74, 6) is -69.7. The molecule has 0 radical (unpaired) electrons. The second kappa shape index (κ2) is 8.70. The largest absolute Gasteiger partial charge is 0.438 e. The third-order valence-corrected chi connectivity index (χ3v) is 4.60. The zero-order valence-electron chi connectivity index (χ0n) is 16.6. The van der Waals surface area contributed by atoms with Gasteiger partial charge in [-0.25, -0.2) is 4.39 Å². The minimum absolute atomic E-state index is 0.427. The number of hydrogen-bond acceptors (Lipinski definition) is 0. The fraction of sp³-hybridized carbons (Fsp3) is 1.00. The van der Waals surface area contributed by atoms with Crippen molar-refractivity contribution >= 4 is 0 Å². The van der Waals surface area contributed by atoms with Crippen LogP contribution in [0.2, 0.25) is 0 Å². The van der Waals surface area contributed by atoms with Gasteiger partial charge >= 0.3 is 65.4 Å². The molecule has 0 saturated carbocycles. The number of hydrogen-bond donors (Lipinski definition) is 0. The summed E-state index contributed by atoms with van der Waals surface area (Å²) >= 11 is 0. The van der Waals surface area contributed by atoms with Crippen LogP contribution in [0, 0.1) is 0 Å². The molecule has 37 heavy (non-hydrogen) atoms. The molecule has 0 nitrogen and oxygen atoms in total. The van der Waals surface area contributed by atoms with Crippen molar-refractivity contribution in [2.45, 2.75) is 85.2 Å². The highest BCUT2D eigenvalue weighted by Gasteiger charge is 2.99. The van der Waals surface area contributed by atoms with Crippen molar-refractivity contribution in [1.29, 1.82) is 0 Å². The lowest BCUT2D eigenvalue weighted by molar-refractivity contribution is -0.481. The smallest absolute Gasteiger partial charge is 0.216 e. The summed E-state index contributed by atoms with van der Waals surface area (Å²) in [6, 6.07) is 0. The molecular formula is C14H7F23. The Kier molecular flexibility index (Phi) is 8.32. The zero-order valence-corrected chi connectivity index (χ0v) is 16.6. The third-order valence-electron chi connectivity index (χ3n) is 4.60. The molecule has 0 amide bonds. The summed E-state index contributed by atoms with van der Waals surface area (Å²) in [5.41, 5.74) is -8.99. The van der Waals surface area contributed by atoms with Gasteiger partial charge in [0.25, 0.3) is 0 Å². The first kappa shape index (κ1) is 35.4. The Morgan fingerprint density at radius 2 is 0.541 bits per heavy atom. The molecule has 0 spiro atoms. The van der Waals surface area contributed by atoms with Crippen LogP contribution in [0.5, 0.6) is 0 Å². The molecule has 0 aromatic carbocycles. The summed E-state index contributed by atoms with van der Waals surface area (Å²) in [6.07, 6.45) is -21.0. The standard InChI is InChI=1S/C14H7F23/c1-2-3-4(15,16)6(18,19)8(22,23)10(26,27)12(30,31)11(28,29)9(24,25)7(20,21)5(17,13(32,33)34)14(35,36)37/h2-3H2,1H3. The fourth-order valence-corrected chi connectivity index (χ4v) is 2.42. The Labute approximate surface area is 187 Å². The predicted octanol–water partition coefficient (Wildman–Crippen LogP) is 8.70. The van der Waals surface area contributed by atoms with Crippen molar-refractivity contribution in [3.05, 3.63) is 0 Å². The predicted molar refractivity (Wildman–Crippen MR) is 70.4 cm³/mol. The molecule has 0 heterocycles. The van der Waals surface area contributed by atoms with Crippen molar-refractivity contribution in [3.8, 4) is 0 Å². The van der Waals surface area contributed by atoms with E-state index in [2.05, 4.69) is 0 Å². The molecule has 0 aliphatic heterocycles. The first-order valence-corrected chi connectivity index (χ1v) is 8.41. The second-order valence-corrected chi connectivity index (χ2v) is 7.13. The minimum Gasteiger partial charge on any atom is -0.216 e. The van der Waals surface area contributed by atoms with Gasteiger partial charge in [0.1, 0.15) is 0 Å². The summed E-state index contributed by atoms with van der Waals surface area (Å²) in [6.45, 7) is 0.427. The number of halogens is 23.